The minimum absolute atomic E-state index is 0. The molecule has 0 bridgehead atoms. The van der Waals surface area contributed by atoms with Gasteiger partial charge >= 0.3 is 58.7 Å². The predicted octanol–water partition coefficient (Wildman–Crippen LogP) is -4.28. The summed E-state index contributed by atoms with van der Waals surface area (Å²) in [5.74, 6) is 0. The van der Waals surface area contributed by atoms with Gasteiger partial charge in [-0.15, -0.1) is 0 Å². The van der Waals surface area contributed by atoms with Crippen molar-refractivity contribution >= 4 is 7.32 Å². The van der Waals surface area contributed by atoms with Crippen LogP contribution in [0.15, 0.2) is 0 Å². The summed E-state index contributed by atoms with van der Waals surface area (Å²) in [4.78, 5) is 0. The predicted molar refractivity (Wildman–Crippen MR) is 18.3 cm³/mol. The maximum absolute atomic E-state index is 7.69. The molecule has 0 aliphatic heterocycles. The topological polar surface area (TPSA) is 49.7 Å². The molecule has 0 saturated heterocycles. The quantitative estimate of drug-likeness (QED) is 0.341. The molecule has 0 amide bonds. The van der Waals surface area contributed by atoms with Crippen LogP contribution in [0.1, 0.15) is 1.43 Å². The van der Waals surface area contributed by atoms with Gasteiger partial charge in [0.1, 0.15) is 0 Å². The van der Waals surface area contributed by atoms with Crippen molar-refractivity contribution in [1.29, 1.82) is 0 Å². The molecule has 0 heterocycles. The number of rotatable bonds is 1. The first kappa shape index (κ1) is 10.5. The zero-order valence-electron chi connectivity index (χ0n) is 4.88. The van der Waals surface area contributed by atoms with Gasteiger partial charge in [-0.05, 0) is 0 Å². The second kappa shape index (κ2) is 6.58. The summed E-state index contributed by atoms with van der Waals surface area (Å²) in [5.41, 5.74) is 0. The van der Waals surface area contributed by atoms with Gasteiger partial charge in [0, 0.05) is 7.11 Å². The van der Waals surface area contributed by atoms with Crippen LogP contribution >= 0.6 is 0 Å². The molecule has 2 N–H and O–H groups in total. The van der Waals surface area contributed by atoms with Crippen LogP contribution in [0.25, 0.3) is 0 Å². The van der Waals surface area contributed by atoms with E-state index in [0.717, 1.165) is 0 Å². The van der Waals surface area contributed by atoms with E-state index in [1.807, 2.05) is 0 Å². The summed E-state index contributed by atoms with van der Waals surface area (Å²) >= 11 is 0. The molecule has 0 aromatic rings. The Balaban J connectivity index is -0.0000000800. The Morgan fingerprint density at radius 2 is 1.83 bits per heavy atom. The van der Waals surface area contributed by atoms with Gasteiger partial charge in [-0.1, -0.05) is 0 Å². The molecular weight excluding hydrogens is 110 g/mol. The van der Waals surface area contributed by atoms with Gasteiger partial charge in [0.15, 0.2) is 0 Å². The third-order valence-corrected chi connectivity index (χ3v) is 0.211. The Hall–Kier alpha value is 1.58. The second-order valence-corrected chi connectivity index (χ2v) is 0.562. The van der Waals surface area contributed by atoms with Crippen LogP contribution in [0, 0.1) is 0 Å². The first-order valence-electron chi connectivity index (χ1n) is 1.16. The van der Waals surface area contributed by atoms with Crippen molar-refractivity contribution in [3.8, 4) is 0 Å². The molecule has 0 aliphatic rings. The second-order valence-electron chi connectivity index (χ2n) is 0.562. The van der Waals surface area contributed by atoms with Crippen molar-refractivity contribution in [2.75, 3.05) is 7.11 Å². The Bertz CT molecular complexity index is 28.9. The molecule has 0 fully saturated rings. The van der Waals surface area contributed by atoms with Crippen LogP contribution in [0.5, 0.6) is 0 Å². The van der Waals surface area contributed by atoms with E-state index in [9.17, 15) is 0 Å². The fourth-order valence-electron chi connectivity index (χ4n) is 0. The minimum Gasteiger partial charge on any atom is -1.00 e. The average molecular weight is 116 g/mol. The van der Waals surface area contributed by atoms with Gasteiger partial charge in [0.25, 0.3) is 0 Å². The smallest absolute Gasteiger partial charge is 1.00 e. The molecular formula is CH6BKO3. The van der Waals surface area contributed by atoms with Gasteiger partial charge in [-0.2, -0.15) is 0 Å². The molecule has 0 aromatic heterocycles. The maximum atomic E-state index is 7.69. The Morgan fingerprint density at radius 3 is 1.83 bits per heavy atom. The summed E-state index contributed by atoms with van der Waals surface area (Å²) < 4.78 is 3.86. The third kappa shape index (κ3) is 9.13. The molecule has 5 heteroatoms. The van der Waals surface area contributed by atoms with Gasteiger partial charge in [-0.3, -0.25) is 0 Å². The van der Waals surface area contributed by atoms with E-state index in [-0.39, 0.29) is 52.8 Å². The molecule has 0 radical (unpaired) electrons. The summed E-state index contributed by atoms with van der Waals surface area (Å²) in [6.45, 7) is 0. The van der Waals surface area contributed by atoms with Crippen molar-refractivity contribution in [2.24, 2.45) is 0 Å². The molecule has 0 aliphatic carbocycles. The average Bonchev–Trinajstić information content (AvgIpc) is 1.38. The Labute approximate surface area is 80.8 Å². The van der Waals surface area contributed by atoms with Gasteiger partial charge < -0.3 is 16.1 Å². The van der Waals surface area contributed by atoms with Gasteiger partial charge in [-0.25, -0.2) is 0 Å². The summed E-state index contributed by atoms with van der Waals surface area (Å²) in [6, 6.07) is 0. The van der Waals surface area contributed by atoms with Crippen LogP contribution in [0.4, 0.5) is 0 Å². The zero-order chi connectivity index (χ0) is 4.28. The SMILES string of the molecule is COB(O)O.[H-].[K+]. The molecule has 0 saturated carbocycles. The standard InChI is InChI=1S/CH5BO3.K.H/c1-5-2(3)4;;/h3-4H,1H3;;/q;+1;-1. The van der Waals surface area contributed by atoms with Crippen LogP contribution in [-0.4, -0.2) is 24.5 Å². The molecule has 6 heavy (non-hydrogen) atoms. The van der Waals surface area contributed by atoms with E-state index in [1.54, 1.807) is 0 Å². The molecule has 0 atom stereocenters. The van der Waals surface area contributed by atoms with E-state index in [0.29, 0.717) is 0 Å². The van der Waals surface area contributed by atoms with Crippen LogP contribution in [0.2, 0.25) is 0 Å². The summed E-state index contributed by atoms with van der Waals surface area (Å²) in [6.07, 6.45) is 0. The number of hydrogen-bond donors (Lipinski definition) is 2. The van der Waals surface area contributed by atoms with Gasteiger partial charge in [0.2, 0.25) is 0 Å². The molecule has 0 aromatic carbocycles. The van der Waals surface area contributed by atoms with Crippen molar-refractivity contribution < 1.29 is 67.5 Å². The molecule has 0 rings (SSSR count). The monoisotopic (exact) mass is 116 g/mol. The van der Waals surface area contributed by atoms with Crippen molar-refractivity contribution in [3.63, 3.8) is 0 Å². The van der Waals surface area contributed by atoms with Crippen LogP contribution in [0.3, 0.4) is 0 Å². The molecule has 0 spiro atoms. The fourth-order valence-corrected chi connectivity index (χ4v) is 0. The van der Waals surface area contributed by atoms with Crippen molar-refractivity contribution in [3.05, 3.63) is 0 Å². The van der Waals surface area contributed by atoms with Crippen LogP contribution in [-0.2, 0) is 4.65 Å². The van der Waals surface area contributed by atoms with Crippen LogP contribution < -0.4 is 51.4 Å². The molecule has 0 unspecified atom stereocenters. The number of hydrogen-bond acceptors (Lipinski definition) is 3. The van der Waals surface area contributed by atoms with E-state index < -0.39 is 7.32 Å². The third-order valence-electron chi connectivity index (χ3n) is 0.211. The van der Waals surface area contributed by atoms with E-state index in [1.165, 1.54) is 7.11 Å². The first-order valence-corrected chi connectivity index (χ1v) is 1.16. The first-order chi connectivity index (χ1) is 2.27. The normalized spacial score (nSPS) is 6.50. The van der Waals surface area contributed by atoms with E-state index >= 15 is 0 Å². The summed E-state index contributed by atoms with van der Waals surface area (Å²) in [5, 5.41) is 15.4. The largest absolute Gasteiger partial charge is 1.00 e. The fraction of sp³-hybridized carbons (Fsp3) is 1.00. The van der Waals surface area contributed by atoms with E-state index in [2.05, 4.69) is 4.65 Å². The van der Waals surface area contributed by atoms with Gasteiger partial charge in [0.05, 0.1) is 0 Å². The Kier molecular flexibility index (Phi) is 11.6. The van der Waals surface area contributed by atoms with Crippen molar-refractivity contribution in [2.45, 2.75) is 0 Å². The maximum Gasteiger partial charge on any atom is 1.00 e. The van der Waals surface area contributed by atoms with E-state index in [4.69, 9.17) is 10.0 Å². The Morgan fingerprint density at radius 1 is 1.67 bits per heavy atom. The summed E-state index contributed by atoms with van der Waals surface area (Å²) in [7, 11) is -0.417. The van der Waals surface area contributed by atoms with Crippen molar-refractivity contribution in [1.82, 2.24) is 0 Å². The molecule has 32 valence electrons. The zero-order valence-corrected chi connectivity index (χ0v) is 7.00. The molecule has 3 nitrogen and oxygen atoms in total. The minimum atomic E-state index is -1.62.